The highest BCUT2D eigenvalue weighted by molar-refractivity contribution is 5.76. The van der Waals surface area contributed by atoms with Gasteiger partial charge in [-0.05, 0) is 97.9 Å². The molecular weight excluding hydrogens is 603 g/mol. The second-order valence-corrected chi connectivity index (χ2v) is 13.6. The number of allylic oxidation sites excluding steroid dienone is 19. The minimum absolute atomic E-state index is 0.0564. The van der Waals surface area contributed by atoms with Crippen LogP contribution >= 0.6 is 0 Å². The van der Waals surface area contributed by atoms with Gasteiger partial charge in [0.15, 0.2) is 0 Å². The van der Waals surface area contributed by atoms with E-state index in [1.54, 1.807) is 0 Å². The summed E-state index contributed by atoms with van der Waals surface area (Å²) in [7, 11) is 0. The van der Waals surface area contributed by atoms with E-state index >= 15 is 0 Å². The molecule has 0 saturated heterocycles. The van der Waals surface area contributed by atoms with Crippen LogP contribution in [0.3, 0.4) is 0 Å². The van der Waals surface area contributed by atoms with E-state index in [0.717, 1.165) is 54.5 Å². The Morgan fingerprint density at radius 3 is 2.26 bits per heavy atom. The molecule has 0 aliphatic heterocycles. The Morgan fingerprint density at radius 1 is 0.820 bits per heavy atom. The van der Waals surface area contributed by atoms with Crippen LogP contribution in [-0.4, -0.2) is 0 Å². The van der Waals surface area contributed by atoms with Gasteiger partial charge in [-0.25, -0.2) is 0 Å². The highest BCUT2D eigenvalue weighted by Crippen LogP contribution is 2.61. The van der Waals surface area contributed by atoms with Gasteiger partial charge in [0.05, 0.1) is 0 Å². The fourth-order valence-corrected chi connectivity index (χ4v) is 6.72. The van der Waals surface area contributed by atoms with Gasteiger partial charge in [-0.1, -0.05) is 182 Å². The topological polar surface area (TPSA) is 26.0 Å². The minimum atomic E-state index is -0.0564. The number of hydrogen-bond donors (Lipinski definition) is 1. The molecule has 2 aliphatic carbocycles. The lowest BCUT2D eigenvalue weighted by molar-refractivity contribution is 0.722. The quantitative estimate of drug-likeness (QED) is 0.144. The first-order valence-corrected chi connectivity index (χ1v) is 17.6. The van der Waals surface area contributed by atoms with E-state index < -0.39 is 0 Å². The van der Waals surface area contributed by atoms with Crippen molar-refractivity contribution < 1.29 is 0 Å². The summed E-state index contributed by atoms with van der Waals surface area (Å²) in [6, 6.07) is 27.5. The number of benzene rings is 3. The van der Waals surface area contributed by atoms with E-state index in [4.69, 9.17) is 5.73 Å². The molecule has 0 spiro atoms. The van der Waals surface area contributed by atoms with Gasteiger partial charge in [0, 0.05) is 16.7 Å². The summed E-state index contributed by atoms with van der Waals surface area (Å²) >= 11 is 0. The van der Waals surface area contributed by atoms with E-state index in [9.17, 15) is 0 Å². The molecule has 1 nitrogen and oxygen atoms in total. The molecule has 50 heavy (non-hydrogen) atoms. The molecule has 2 N–H and O–H groups in total. The highest BCUT2D eigenvalue weighted by Gasteiger charge is 2.48. The van der Waals surface area contributed by atoms with Crippen molar-refractivity contribution in [1.29, 1.82) is 0 Å². The number of hydrogen-bond acceptors (Lipinski definition) is 1. The number of anilines is 1. The Kier molecular flexibility index (Phi) is 12.1. The van der Waals surface area contributed by atoms with Crippen LogP contribution in [0.25, 0.3) is 16.7 Å². The van der Waals surface area contributed by atoms with Gasteiger partial charge in [-0.15, -0.1) is 0 Å². The van der Waals surface area contributed by atoms with Crippen LogP contribution < -0.4 is 5.73 Å². The zero-order chi connectivity index (χ0) is 35.5. The summed E-state index contributed by atoms with van der Waals surface area (Å²) in [4.78, 5) is 0. The molecule has 5 rings (SSSR count). The maximum absolute atomic E-state index is 6.43. The second kappa shape index (κ2) is 16.8. The standard InChI is InChI=1S/C49H51N/c1-36(2)27-32-44(49(6)46-25-16-9-12-20-38(4)34-47(46)49)23-15-8-7-11-19-37(3)33-43(39(5)45-24-17-18-26-48(45)50)35-40-28-30-42(31-29-40)41-21-13-10-14-22-41/h7-8,10-14,16-32H,1,3-4,9,15,33-35,50H2,2,5-6H3/b8-7-,19-11-,20-12-,25-16?,32-27-,43-39-,44-23+. The summed E-state index contributed by atoms with van der Waals surface area (Å²) in [5.74, 6) is 0. The van der Waals surface area contributed by atoms with Crippen LogP contribution in [0.2, 0.25) is 0 Å². The number of para-hydroxylation sites is 1. The van der Waals surface area contributed by atoms with E-state index in [1.807, 2.05) is 19.1 Å². The monoisotopic (exact) mass is 653 g/mol. The van der Waals surface area contributed by atoms with Crippen molar-refractivity contribution >= 4 is 11.3 Å². The van der Waals surface area contributed by atoms with Crippen LogP contribution in [0.1, 0.15) is 57.6 Å². The Labute approximate surface area is 301 Å². The summed E-state index contributed by atoms with van der Waals surface area (Å²) < 4.78 is 0. The third-order valence-corrected chi connectivity index (χ3v) is 9.71. The van der Waals surface area contributed by atoms with E-state index in [-0.39, 0.29) is 5.41 Å². The first-order valence-electron chi connectivity index (χ1n) is 17.6. The molecule has 0 radical (unpaired) electrons. The fraction of sp³-hybridized carbons (Fsp3) is 0.184. The predicted octanol–water partition coefficient (Wildman–Crippen LogP) is 13.2. The molecule has 0 aromatic heterocycles. The zero-order valence-electron chi connectivity index (χ0n) is 30.1. The summed E-state index contributed by atoms with van der Waals surface area (Å²) in [6.45, 7) is 19.4. The summed E-state index contributed by atoms with van der Waals surface area (Å²) in [5, 5.41) is 0. The van der Waals surface area contributed by atoms with Gasteiger partial charge >= 0.3 is 0 Å². The third-order valence-electron chi connectivity index (χ3n) is 9.71. The molecular formula is C49H51N. The number of nitrogens with two attached hydrogens (primary N) is 1. The van der Waals surface area contributed by atoms with Gasteiger partial charge < -0.3 is 5.73 Å². The van der Waals surface area contributed by atoms with Crippen LogP contribution in [0.5, 0.6) is 0 Å². The fourth-order valence-electron chi connectivity index (χ4n) is 6.72. The summed E-state index contributed by atoms with van der Waals surface area (Å²) in [6.07, 6.45) is 28.5. The van der Waals surface area contributed by atoms with Gasteiger partial charge in [0.2, 0.25) is 0 Å². The smallest absolute Gasteiger partial charge is 0.0390 e. The average Bonchev–Trinajstić information content (AvgIpc) is 3.64. The van der Waals surface area contributed by atoms with Crippen molar-refractivity contribution in [2.75, 3.05) is 5.73 Å². The molecule has 2 aliphatic rings. The van der Waals surface area contributed by atoms with Gasteiger partial charge in [0.1, 0.15) is 0 Å². The average molecular weight is 654 g/mol. The largest absolute Gasteiger partial charge is 0.398 e. The van der Waals surface area contributed by atoms with Gasteiger partial charge in [-0.3, -0.25) is 0 Å². The Hall–Kier alpha value is -5.40. The lowest BCUT2D eigenvalue weighted by Gasteiger charge is -2.17. The lowest BCUT2D eigenvalue weighted by Crippen LogP contribution is -2.05. The molecule has 3 aromatic rings. The molecule has 1 unspecified atom stereocenters. The van der Waals surface area contributed by atoms with Crippen molar-refractivity contribution in [1.82, 2.24) is 0 Å². The molecule has 0 amide bonds. The Morgan fingerprint density at radius 2 is 1.52 bits per heavy atom. The molecule has 0 bridgehead atoms. The van der Waals surface area contributed by atoms with Gasteiger partial charge in [0.25, 0.3) is 0 Å². The molecule has 0 heterocycles. The lowest BCUT2D eigenvalue weighted by atomic mass is 9.86. The predicted molar refractivity (Wildman–Crippen MR) is 220 cm³/mol. The normalized spacial score (nSPS) is 18.9. The SMILES string of the molecule is C=C(C)/C=C\C(=C/C/C=C\C=C/C(=C)C/C(Cc1ccc(-c2ccccc2)cc1)=C(\C)c1ccccc1N)C1(C)C2=C1CC(=C)/C=C\CC=C2. The zero-order valence-corrected chi connectivity index (χ0v) is 30.1. The second-order valence-electron chi connectivity index (χ2n) is 13.6. The van der Waals surface area contributed by atoms with Crippen LogP contribution in [0.4, 0.5) is 5.69 Å². The third kappa shape index (κ3) is 9.18. The molecule has 252 valence electrons. The first-order chi connectivity index (χ1) is 24.2. The van der Waals surface area contributed by atoms with Crippen molar-refractivity contribution in [3.63, 3.8) is 0 Å². The highest BCUT2D eigenvalue weighted by atomic mass is 14.6. The Bertz CT molecular complexity index is 1980. The van der Waals surface area contributed by atoms with Crippen molar-refractivity contribution in [3.05, 3.63) is 216 Å². The van der Waals surface area contributed by atoms with Crippen molar-refractivity contribution in [3.8, 4) is 11.1 Å². The van der Waals surface area contributed by atoms with Gasteiger partial charge in [-0.2, -0.15) is 0 Å². The molecule has 0 fully saturated rings. The molecule has 1 atom stereocenters. The first kappa shape index (κ1) is 35.9. The van der Waals surface area contributed by atoms with Crippen molar-refractivity contribution in [2.24, 2.45) is 5.41 Å². The maximum atomic E-state index is 6.43. The Balaban J connectivity index is 1.28. The molecule has 0 saturated carbocycles. The number of rotatable bonds is 13. The minimum Gasteiger partial charge on any atom is -0.398 e. The van der Waals surface area contributed by atoms with Crippen LogP contribution in [0.15, 0.2) is 204 Å². The van der Waals surface area contributed by atoms with E-state index in [2.05, 4.69) is 167 Å². The van der Waals surface area contributed by atoms with E-state index in [0.29, 0.717) is 0 Å². The summed E-state index contributed by atoms with van der Waals surface area (Å²) in [5.41, 5.74) is 22.0. The van der Waals surface area contributed by atoms with E-state index in [1.165, 1.54) is 50.1 Å². The van der Waals surface area contributed by atoms with Crippen LogP contribution in [-0.2, 0) is 6.42 Å². The molecule has 3 aromatic carbocycles. The molecule has 1 heteroatoms. The van der Waals surface area contributed by atoms with Crippen LogP contribution in [0, 0.1) is 5.41 Å². The van der Waals surface area contributed by atoms with Crippen molar-refractivity contribution in [2.45, 2.75) is 52.9 Å². The number of nitrogen functional groups attached to an aromatic ring is 1. The maximum Gasteiger partial charge on any atom is 0.0390 e.